The highest BCUT2D eigenvalue weighted by Crippen LogP contribution is 2.21. The second-order valence-electron chi connectivity index (χ2n) is 4.83. The van der Waals surface area contributed by atoms with Gasteiger partial charge in [0.05, 0.1) is 27.4 Å². The minimum atomic E-state index is -0.460. The van der Waals surface area contributed by atoms with Crippen molar-refractivity contribution < 1.29 is 9.72 Å². The molecule has 1 heterocycles. The molecule has 2 rings (SSSR count). The van der Waals surface area contributed by atoms with Crippen LogP contribution in [-0.2, 0) is 4.79 Å². The Morgan fingerprint density at radius 1 is 1.39 bits per heavy atom. The molecule has 0 bridgehead atoms. The molecule has 1 amide bonds. The molecule has 23 heavy (non-hydrogen) atoms. The third-order valence-corrected chi connectivity index (χ3v) is 4.11. The molecule has 1 aromatic heterocycles. The Morgan fingerprint density at radius 3 is 2.78 bits per heavy atom. The van der Waals surface area contributed by atoms with Gasteiger partial charge in [0.25, 0.3) is 11.6 Å². The number of para-hydroxylation sites is 1. The first-order chi connectivity index (χ1) is 11.0. The van der Waals surface area contributed by atoms with Gasteiger partial charge in [-0.25, -0.2) is 5.43 Å². The normalized spacial score (nSPS) is 11.1. The fourth-order valence-electron chi connectivity index (χ4n) is 1.80. The standard InChI is InChI=1S/C15H16N4O3S/c1-10-5-3-4-6-13(10)16-8-15(20)18-17-11(2)14-7-12(9-23-14)19(21)22/h3-7,9,16H,8H2,1-2H3,(H,18,20)/b17-11+. The number of hydrogen-bond donors (Lipinski definition) is 2. The van der Waals surface area contributed by atoms with Crippen molar-refractivity contribution in [3.63, 3.8) is 0 Å². The van der Waals surface area contributed by atoms with Gasteiger partial charge < -0.3 is 5.32 Å². The average molecular weight is 332 g/mol. The van der Waals surface area contributed by atoms with Crippen molar-refractivity contribution in [3.05, 3.63) is 56.3 Å². The van der Waals surface area contributed by atoms with Crippen LogP contribution in [0.15, 0.2) is 40.8 Å². The third kappa shape index (κ3) is 4.62. The molecule has 7 nitrogen and oxygen atoms in total. The van der Waals surface area contributed by atoms with E-state index in [9.17, 15) is 14.9 Å². The van der Waals surface area contributed by atoms with Gasteiger partial charge in [-0.05, 0) is 25.5 Å². The van der Waals surface area contributed by atoms with Crippen LogP contribution >= 0.6 is 11.3 Å². The van der Waals surface area contributed by atoms with Gasteiger partial charge in [-0.2, -0.15) is 5.10 Å². The maximum atomic E-state index is 11.8. The van der Waals surface area contributed by atoms with Crippen molar-refractivity contribution in [1.82, 2.24) is 5.43 Å². The van der Waals surface area contributed by atoms with Gasteiger partial charge in [-0.15, -0.1) is 11.3 Å². The van der Waals surface area contributed by atoms with E-state index in [1.807, 2.05) is 31.2 Å². The molecule has 2 N–H and O–H groups in total. The van der Waals surface area contributed by atoms with Crippen molar-refractivity contribution in [2.45, 2.75) is 13.8 Å². The molecule has 2 aromatic rings. The number of nitrogens with zero attached hydrogens (tertiary/aromatic N) is 2. The zero-order valence-corrected chi connectivity index (χ0v) is 13.5. The van der Waals surface area contributed by atoms with Crippen molar-refractivity contribution in [1.29, 1.82) is 0 Å². The number of nitro groups is 1. The van der Waals surface area contributed by atoms with Gasteiger partial charge in [0, 0.05) is 11.8 Å². The summed E-state index contributed by atoms with van der Waals surface area (Å²) in [5, 5.41) is 19.1. The van der Waals surface area contributed by atoms with Gasteiger partial charge in [0.1, 0.15) is 0 Å². The number of amides is 1. The van der Waals surface area contributed by atoms with Crippen LogP contribution in [0.25, 0.3) is 0 Å². The molecule has 0 aliphatic carbocycles. The molecular formula is C15H16N4O3S. The lowest BCUT2D eigenvalue weighted by atomic mass is 10.2. The van der Waals surface area contributed by atoms with Crippen LogP contribution < -0.4 is 10.7 Å². The summed E-state index contributed by atoms with van der Waals surface area (Å²) < 4.78 is 0. The summed E-state index contributed by atoms with van der Waals surface area (Å²) >= 11 is 1.21. The Morgan fingerprint density at radius 2 is 2.13 bits per heavy atom. The summed E-state index contributed by atoms with van der Waals surface area (Å²) in [6.07, 6.45) is 0. The molecule has 0 saturated carbocycles. The summed E-state index contributed by atoms with van der Waals surface area (Å²) in [5.41, 5.74) is 4.91. The molecule has 0 unspecified atom stereocenters. The van der Waals surface area contributed by atoms with Gasteiger partial charge in [-0.3, -0.25) is 14.9 Å². The van der Waals surface area contributed by atoms with E-state index in [0.717, 1.165) is 11.3 Å². The van der Waals surface area contributed by atoms with Crippen LogP contribution in [-0.4, -0.2) is 23.1 Å². The highest BCUT2D eigenvalue weighted by atomic mass is 32.1. The van der Waals surface area contributed by atoms with Crippen LogP contribution in [0.4, 0.5) is 11.4 Å². The molecule has 0 atom stereocenters. The monoisotopic (exact) mass is 332 g/mol. The maximum Gasteiger partial charge on any atom is 0.280 e. The molecule has 0 radical (unpaired) electrons. The van der Waals surface area contributed by atoms with Crippen molar-refractivity contribution in [3.8, 4) is 0 Å². The molecule has 120 valence electrons. The molecule has 0 aliphatic rings. The van der Waals surface area contributed by atoms with E-state index in [2.05, 4.69) is 15.8 Å². The van der Waals surface area contributed by atoms with Crippen LogP contribution in [0, 0.1) is 17.0 Å². The highest BCUT2D eigenvalue weighted by molar-refractivity contribution is 7.12. The zero-order valence-electron chi connectivity index (χ0n) is 12.7. The Balaban J connectivity index is 1.89. The molecule has 0 saturated heterocycles. The first-order valence-electron chi connectivity index (χ1n) is 6.83. The van der Waals surface area contributed by atoms with Gasteiger partial charge >= 0.3 is 0 Å². The molecule has 8 heteroatoms. The van der Waals surface area contributed by atoms with E-state index in [0.29, 0.717) is 10.6 Å². The zero-order chi connectivity index (χ0) is 16.8. The third-order valence-electron chi connectivity index (χ3n) is 3.09. The number of anilines is 1. The Labute approximate surface area is 137 Å². The van der Waals surface area contributed by atoms with E-state index in [1.54, 1.807) is 6.92 Å². The fourth-order valence-corrected chi connectivity index (χ4v) is 2.61. The predicted molar refractivity (Wildman–Crippen MR) is 91.0 cm³/mol. The Kier molecular flexibility index (Phi) is 5.42. The second kappa shape index (κ2) is 7.50. The number of benzene rings is 1. The number of hydrogen-bond acceptors (Lipinski definition) is 6. The maximum absolute atomic E-state index is 11.8. The summed E-state index contributed by atoms with van der Waals surface area (Å²) in [7, 11) is 0. The van der Waals surface area contributed by atoms with E-state index >= 15 is 0 Å². The average Bonchev–Trinajstić information content (AvgIpc) is 3.02. The quantitative estimate of drug-likeness (QED) is 0.483. The Hall–Kier alpha value is -2.74. The SMILES string of the molecule is C/C(=N\NC(=O)CNc1ccccc1C)c1cc([N+](=O)[O-])cs1. The minimum Gasteiger partial charge on any atom is -0.376 e. The Bertz CT molecular complexity index is 755. The van der Waals surface area contributed by atoms with Crippen LogP contribution in [0.2, 0.25) is 0 Å². The topological polar surface area (TPSA) is 96.6 Å². The summed E-state index contributed by atoms with van der Waals surface area (Å²) in [5.74, 6) is -0.293. The van der Waals surface area contributed by atoms with Crippen LogP contribution in [0.5, 0.6) is 0 Å². The van der Waals surface area contributed by atoms with Crippen molar-refractivity contribution >= 4 is 34.3 Å². The predicted octanol–water partition coefficient (Wildman–Crippen LogP) is 2.92. The fraction of sp³-hybridized carbons (Fsp3) is 0.200. The van der Waals surface area contributed by atoms with E-state index in [1.165, 1.54) is 22.8 Å². The number of carbonyl (C=O) groups excluding carboxylic acids is 1. The van der Waals surface area contributed by atoms with E-state index in [4.69, 9.17) is 0 Å². The lowest BCUT2D eigenvalue weighted by Crippen LogP contribution is -2.26. The van der Waals surface area contributed by atoms with E-state index < -0.39 is 4.92 Å². The first kappa shape index (κ1) is 16.6. The summed E-state index contributed by atoms with van der Waals surface area (Å²) in [6, 6.07) is 9.09. The van der Waals surface area contributed by atoms with Gasteiger partial charge in [-0.1, -0.05) is 18.2 Å². The number of rotatable bonds is 6. The molecule has 0 aliphatic heterocycles. The van der Waals surface area contributed by atoms with Gasteiger partial charge in [0.2, 0.25) is 0 Å². The van der Waals surface area contributed by atoms with Crippen molar-refractivity contribution in [2.24, 2.45) is 5.10 Å². The van der Waals surface area contributed by atoms with Crippen LogP contribution in [0.1, 0.15) is 17.4 Å². The van der Waals surface area contributed by atoms with E-state index in [-0.39, 0.29) is 18.1 Å². The number of carbonyl (C=O) groups is 1. The molecular weight excluding hydrogens is 316 g/mol. The minimum absolute atomic E-state index is 0.0205. The molecule has 0 fully saturated rings. The molecule has 1 aromatic carbocycles. The number of thiophene rings is 1. The first-order valence-corrected chi connectivity index (χ1v) is 7.71. The summed E-state index contributed by atoms with van der Waals surface area (Å²) in [4.78, 5) is 22.6. The number of hydrazone groups is 1. The van der Waals surface area contributed by atoms with Crippen molar-refractivity contribution in [2.75, 3.05) is 11.9 Å². The summed E-state index contributed by atoms with van der Waals surface area (Å²) in [6.45, 7) is 3.73. The number of nitrogens with one attached hydrogen (secondary N) is 2. The number of aryl methyl sites for hydroxylation is 1. The highest BCUT2D eigenvalue weighted by Gasteiger charge is 2.11. The van der Waals surface area contributed by atoms with Crippen LogP contribution in [0.3, 0.4) is 0 Å². The smallest absolute Gasteiger partial charge is 0.280 e. The van der Waals surface area contributed by atoms with Gasteiger partial charge in [0.15, 0.2) is 0 Å². The largest absolute Gasteiger partial charge is 0.376 e. The lowest BCUT2D eigenvalue weighted by molar-refractivity contribution is -0.384. The lowest BCUT2D eigenvalue weighted by Gasteiger charge is -2.08. The second-order valence-corrected chi connectivity index (χ2v) is 5.74. The molecule has 0 spiro atoms.